The van der Waals surface area contributed by atoms with Crippen molar-refractivity contribution in [2.24, 2.45) is 5.73 Å². The third-order valence-corrected chi connectivity index (χ3v) is 2.92. The van der Waals surface area contributed by atoms with Gasteiger partial charge in [-0.3, -0.25) is 0 Å². The highest BCUT2D eigenvalue weighted by atomic mass is 16.5. The van der Waals surface area contributed by atoms with E-state index in [1.165, 1.54) is 0 Å². The minimum absolute atomic E-state index is 0.459. The molecule has 20 heavy (non-hydrogen) atoms. The Morgan fingerprint density at radius 3 is 2.55 bits per heavy atom. The minimum atomic E-state index is -0.660. The van der Waals surface area contributed by atoms with E-state index in [0.29, 0.717) is 23.7 Å². The molecule has 102 valence electrons. The summed E-state index contributed by atoms with van der Waals surface area (Å²) in [7, 11) is 1.56. The van der Waals surface area contributed by atoms with E-state index in [1.54, 1.807) is 25.3 Å². The van der Waals surface area contributed by atoms with Gasteiger partial charge in [-0.25, -0.2) is 0 Å². The zero-order valence-electron chi connectivity index (χ0n) is 11.2. The molecule has 0 saturated carbocycles. The smallest absolute Gasteiger partial charge is 0.161 e. The highest BCUT2D eigenvalue weighted by molar-refractivity contribution is 5.44. The number of nitriles is 1. The lowest BCUT2D eigenvalue weighted by atomic mass is 10.1. The zero-order chi connectivity index (χ0) is 14.4. The van der Waals surface area contributed by atoms with Crippen LogP contribution in [0.15, 0.2) is 48.5 Å². The van der Waals surface area contributed by atoms with Crippen LogP contribution in [-0.2, 0) is 6.61 Å². The molecule has 0 radical (unpaired) electrons. The lowest BCUT2D eigenvalue weighted by Gasteiger charge is -2.13. The van der Waals surface area contributed by atoms with Crippen molar-refractivity contribution >= 4 is 0 Å². The number of methoxy groups -OCH3 is 1. The van der Waals surface area contributed by atoms with Crippen molar-refractivity contribution in [1.29, 1.82) is 5.26 Å². The molecule has 2 rings (SSSR count). The van der Waals surface area contributed by atoms with Gasteiger partial charge in [-0.05, 0) is 23.3 Å². The molecule has 0 aliphatic heterocycles. The van der Waals surface area contributed by atoms with Crippen LogP contribution in [-0.4, -0.2) is 7.11 Å². The van der Waals surface area contributed by atoms with Gasteiger partial charge in [0.15, 0.2) is 11.5 Å². The molecule has 2 aromatic rings. The van der Waals surface area contributed by atoms with Gasteiger partial charge in [0.25, 0.3) is 0 Å². The highest BCUT2D eigenvalue weighted by Gasteiger charge is 2.10. The van der Waals surface area contributed by atoms with Gasteiger partial charge in [0, 0.05) is 0 Å². The number of rotatable bonds is 5. The van der Waals surface area contributed by atoms with Crippen molar-refractivity contribution in [3.8, 4) is 17.6 Å². The Labute approximate surface area is 118 Å². The first kappa shape index (κ1) is 13.9. The largest absolute Gasteiger partial charge is 0.493 e. The number of nitrogens with two attached hydrogens (primary N) is 1. The maximum absolute atomic E-state index is 8.83. The van der Waals surface area contributed by atoms with Crippen LogP contribution in [0.4, 0.5) is 0 Å². The fraction of sp³-hybridized carbons (Fsp3) is 0.188. The van der Waals surface area contributed by atoms with Gasteiger partial charge in [0.1, 0.15) is 12.6 Å². The number of hydrogen-bond donors (Lipinski definition) is 1. The van der Waals surface area contributed by atoms with E-state index >= 15 is 0 Å². The van der Waals surface area contributed by atoms with Crippen LogP contribution in [0, 0.1) is 11.3 Å². The van der Waals surface area contributed by atoms with E-state index in [9.17, 15) is 0 Å². The Morgan fingerprint density at radius 2 is 1.90 bits per heavy atom. The Hall–Kier alpha value is -2.51. The van der Waals surface area contributed by atoms with E-state index in [2.05, 4.69) is 0 Å². The van der Waals surface area contributed by atoms with Crippen LogP contribution in [0.1, 0.15) is 17.2 Å². The molecule has 1 atom stereocenters. The molecule has 0 aliphatic rings. The number of ether oxygens (including phenoxy) is 2. The summed E-state index contributed by atoms with van der Waals surface area (Å²) in [5.74, 6) is 1.20. The monoisotopic (exact) mass is 268 g/mol. The molecule has 4 nitrogen and oxygen atoms in total. The van der Waals surface area contributed by atoms with Crippen LogP contribution in [0.2, 0.25) is 0 Å². The Bertz CT molecular complexity index is 606. The number of hydrogen-bond acceptors (Lipinski definition) is 4. The second kappa shape index (κ2) is 6.60. The van der Waals surface area contributed by atoms with Gasteiger partial charge >= 0.3 is 0 Å². The fourth-order valence-electron chi connectivity index (χ4n) is 1.81. The lowest BCUT2D eigenvalue weighted by Crippen LogP contribution is -2.07. The molecule has 2 N–H and O–H groups in total. The Balaban J connectivity index is 2.14. The maximum atomic E-state index is 8.83. The standard InChI is InChI=1S/C16H16N2O2/c1-19-16-9-13(14(18)10-17)7-8-15(16)20-11-12-5-3-2-4-6-12/h2-9,14H,11,18H2,1H3. The summed E-state index contributed by atoms with van der Waals surface area (Å²) in [5.41, 5.74) is 7.46. The molecule has 0 spiro atoms. The first-order chi connectivity index (χ1) is 9.74. The molecule has 4 heteroatoms. The fourth-order valence-corrected chi connectivity index (χ4v) is 1.81. The van der Waals surface area contributed by atoms with Gasteiger partial charge in [0.05, 0.1) is 13.2 Å². The average molecular weight is 268 g/mol. The summed E-state index contributed by atoms with van der Waals surface area (Å²) >= 11 is 0. The molecule has 2 aromatic carbocycles. The quantitative estimate of drug-likeness (QED) is 0.905. The van der Waals surface area contributed by atoms with E-state index in [1.807, 2.05) is 36.4 Å². The summed E-state index contributed by atoms with van der Waals surface area (Å²) < 4.78 is 11.0. The number of nitrogens with zero attached hydrogens (tertiary/aromatic N) is 1. The van der Waals surface area contributed by atoms with Crippen LogP contribution in [0.3, 0.4) is 0 Å². The van der Waals surface area contributed by atoms with Crippen LogP contribution < -0.4 is 15.2 Å². The van der Waals surface area contributed by atoms with E-state index < -0.39 is 6.04 Å². The summed E-state index contributed by atoms with van der Waals surface area (Å²) in [5, 5.41) is 8.83. The maximum Gasteiger partial charge on any atom is 0.161 e. The second-order valence-corrected chi connectivity index (χ2v) is 4.29. The normalized spacial score (nSPS) is 11.4. The molecule has 0 aromatic heterocycles. The Kier molecular flexibility index (Phi) is 4.59. The van der Waals surface area contributed by atoms with E-state index in [0.717, 1.165) is 5.56 Å². The average Bonchev–Trinajstić information content (AvgIpc) is 2.53. The molecular weight excluding hydrogens is 252 g/mol. The summed E-state index contributed by atoms with van der Waals surface area (Å²) in [4.78, 5) is 0. The Morgan fingerprint density at radius 1 is 1.15 bits per heavy atom. The lowest BCUT2D eigenvalue weighted by molar-refractivity contribution is 0.284. The molecule has 1 unspecified atom stereocenters. The summed E-state index contributed by atoms with van der Waals surface area (Å²) in [6.45, 7) is 0.459. The van der Waals surface area contributed by atoms with E-state index in [4.69, 9.17) is 20.5 Å². The van der Waals surface area contributed by atoms with Crippen molar-refractivity contribution in [3.05, 3.63) is 59.7 Å². The van der Waals surface area contributed by atoms with Crippen molar-refractivity contribution in [2.45, 2.75) is 12.6 Å². The molecule has 0 saturated heterocycles. The zero-order valence-corrected chi connectivity index (χ0v) is 11.2. The van der Waals surface area contributed by atoms with Gasteiger partial charge in [-0.2, -0.15) is 5.26 Å². The van der Waals surface area contributed by atoms with Gasteiger partial charge < -0.3 is 15.2 Å². The van der Waals surface area contributed by atoms with E-state index in [-0.39, 0.29) is 0 Å². The first-order valence-corrected chi connectivity index (χ1v) is 6.24. The van der Waals surface area contributed by atoms with Crippen molar-refractivity contribution in [2.75, 3.05) is 7.11 Å². The second-order valence-electron chi connectivity index (χ2n) is 4.29. The van der Waals surface area contributed by atoms with Crippen LogP contribution in [0.5, 0.6) is 11.5 Å². The molecule has 0 bridgehead atoms. The van der Waals surface area contributed by atoms with Crippen molar-refractivity contribution < 1.29 is 9.47 Å². The molecule has 0 aliphatic carbocycles. The van der Waals surface area contributed by atoms with Crippen LogP contribution >= 0.6 is 0 Å². The molecular formula is C16H16N2O2. The highest BCUT2D eigenvalue weighted by Crippen LogP contribution is 2.30. The summed E-state index contributed by atoms with van der Waals surface area (Å²) in [6, 6.07) is 16.5. The SMILES string of the molecule is COc1cc(C(N)C#N)ccc1OCc1ccccc1. The van der Waals surface area contributed by atoms with Crippen molar-refractivity contribution in [1.82, 2.24) is 0 Å². The predicted molar refractivity (Wildman–Crippen MR) is 76.3 cm³/mol. The van der Waals surface area contributed by atoms with Gasteiger partial charge in [-0.1, -0.05) is 36.4 Å². The number of benzene rings is 2. The molecule has 0 amide bonds. The third-order valence-electron chi connectivity index (χ3n) is 2.92. The van der Waals surface area contributed by atoms with Gasteiger partial charge in [-0.15, -0.1) is 0 Å². The van der Waals surface area contributed by atoms with Crippen LogP contribution in [0.25, 0.3) is 0 Å². The molecule has 0 fully saturated rings. The summed E-state index contributed by atoms with van der Waals surface area (Å²) in [6.07, 6.45) is 0. The topological polar surface area (TPSA) is 68.3 Å². The van der Waals surface area contributed by atoms with Crippen molar-refractivity contribution in [3.63, 3.8) is 0 Å². The third kappa shape index (κ3) is 3.28. The minimum Gasteiger partial charge on any atom is -0.493 e. The first-order valence-electron chi connectivity index (χ1n) is 6.24. The molecule has 0 heterocycles. The predicted octanol–water partition coefficient (Wildman–Crippen LogP) is 2.80. The van der Waals surface area contributed by atoms with Gasteiger partial charge in [0.2, 0.25) is 0 Å².